The first-order chi connectivity index (χ1) is 24.1. The molecule has 0 bridgehead atoms. The fourth-order valence-electron chi connectivity index (χ4n) is 4.78. The summed E-state index contributed by atoms with van der Waals surface area (Å²) in [5, 5.41) is 0. The molecule has 9 heteroatoms. The van der Waals surface area contributed by atoms with Crippen LogP contribution >= 0.6 is 7.82 Å². The highest BCUT2D eigenvalue weighted by atomic mass is 31.2. The molecule has 2 atom stereocenters. The number of carbonyl (C=O) groups is 1. The molecule has 50 heavy (non-hydrogen) atoms. The van der Waals surface area contributed by atoms with Gasteiger partial charge in [-0.05, 0) is 70.6 Å². The Balaban J connectivity index is 4.42. The molecule has 290 valence electrons. The second-order valence-electron chi connectivity index (χ2n) is 13.9. The van der Waals surface area contributed by atoms with E-state index >= 15 is 0 Å². The number of esters is 1. The minimum absolute atomic E-state index is 0.0743. The average molecular weight is 725 g/mol. The highest BCUT2D eigenvalue weighted by Crippen LogP contribution is 2.43. The van der Waals surface area contributed by atoms with Gasteiger partial charge in [0.2, 0.25) is 0 Å². The van der Waals surface area contributed by atoms with E-state index in [4.69, 9.17) is 18.5 Å². The highest BCUT2D eigenvalue weighted by Gasteiger charge is 2.26. The first-order valence-electron chi connectivity index (χ1n) is 19.5. The fourth-order valence-corrected chi connectivity index (χ4v) is 5.53. The van der Waals surface area contributed by atoms with Crippen molar-refractivity contribution in [3.63, 3.8) is 0 Å². The number of nitrogens with zero attached hydrogens (tertiary/aromatic N) is 1. The van der Waals surface area contributed by atoms with Crippen molar-refractivity contribution in [1.82, 2.24) is 0 Å². The summed E-state index contributed by atoms with van der Waals surface area (Å²) in [7, 11) is 1.62. The smallest absolute Gasteiger partial charge is 0.457 e. The summed E-state index contributed by atoms with van der Waals surface area (Å²) >= 11 is 0. The van der Waals surface area contributed by atoms with Crippen molar-refractivity contribution in [3.8, 4) is 0 Å². The van der Waals surface area contributed by atoms with Crippen LogP contribution in [-0.2, 0) is 27.9 Å². The molecule has 0 aliphatic heterocycles. The molecule has 0 heterocycles. The van der Waals surface area contributed by atoms with E-state index in [1.165, 1.54) is 44.9 Å². The second-order valence-corrected chi connectivity index (χ2v) is 15.4. The first-order valence-corrected chi connectivity index (χ1v) is 21.0. The predicted octanol–water partition coefficient (Wildman–Crippen LogP) is 11.0. The molecule has 0 aromatic heterocycles. The van der Waals surface area contributed by atoms with Gasteiger partial charge in [-0.3, -0.25) is 13.8 Å². The largest absolute Gasteiger partial charge is 0.472 e. The van der Waals surface area contributed by atoms with E-state index < -0.39 is 13.9 Å². The van der Waals surface area contributed by atoms with Gasteiger partial charge in [0.1, 0.15) is 19.3 Å². The number of rotatable bonds is 35. The fraction of sp³-hybridized carbons (Fsp3) is 0.732. The Morgan fingerprint density at radius 1 is 0.640 bits per heavy atom. The Kier molecular flexibility index (Phi) is 33.1. The zero-order valence-corrected chi connectivity index (χ0v) is 33.5. The van der Waals surface area contributed by atoms with Crippen LogP contribution in [0.1, 0.15) is 136 Å². The van der Waals surface area contributed by atoms with Crippen LogP contribution in [0.3, 0.4) is 0 Å². The number of hydrogen-bond acceptors (Lipinski definition) is 6. The van der Waals surface area contributed by atoms with Gasteiger partial charge in [0.15, 0.2) is 0 Å². The minimum Gasteiger partial charge on any atom is -0.457 e. The molecule has 1 N–H and O–H groups in total. The van der Waals surface area contributed by atoms with Gasteiger partial charge in [-0.15, -0.1) is 0 Å². The van der Waals surface area contributed by atoms with E-state index in [1.807, 2.05) is 21.1 Å². The van der Waals surface area contributed by atoms with Crippen molar-refractivity contribution in [2.45, 2.75) is 142 Å². The van der Waals surface area contributed by atoms with Gasteiger partial charge < -0.3 is 18.9 Å². The van der Waals surface area contributed by atoms with Crippen molar-refractivity contribution in [2.75, 3.05) is 54.1 Å². The molecule has 0 radical (unpaired) electrons. The lowest BCUT2D eigenvalue weighted by atomic mass is 10.1. The summed E-state index contributed by atoms with van der Waals surface area (Å²) < 4.78 is 34.8. The summed E-state index contributed by atoms with van der Waals surface area (Å²) in [4.78, 5) is 22.8. The van der Waals surface area contributed by atoms with E-state index in [0.29, 0.717) is 24.1 Å². The number of ether oxygens (including phenoxy) is 2. The second kappa shape index (κ2) is 34.3. The first kappa shape index (κ1) is 48.2. The van der Waals surface area contributed by atoms with Crippen LogP contribution in [0.15, 0.2) is 60.8 Å². The lowest BCUT2D eigenvalue weighted by Crippen LogP contribution is -2.37. The van der Waals surface area contributed by atoms with Gasteiger partial charge in [0, 0.05) is 13.0 Å². The van der Waals surface area contributed by atoms with Crippen LogP contribution in [-0.4, -0.2) is 75.6 Å². The van der Waals surface area contributed by atoms with Crippen LogP contribution in [0, 0.1) is 0 Å². The van der Waals surface area contributed by atoms with Crippen molar-refractivity contribution in [2.24, 2.45) is 0 Å². The molecule has 0 aromatic carbocycles. The number of unbranched alkanes of at least 4 members (excludes halogenated alkanes) is 11. The third-order valence-corrected chi connectivity index (χ3v) is 8.80. The van der Waals surface area contributed by atoms with E-state index in [-0.39, 0.29) is 25.8 Å². The molecule has 0 saturated carbocycles. The standard InChI is InChI=1S/C41H74NO7P/c1-6-8-10-12-14-16-18-20-22-24-26-28-30-32-34-41(43)49-40(39-48-50(44,45)47-37-35-42(3,4)5)38-46-36-33-31-29-27-25-23-21-19-17-15-13-11-9-7-2/h9,11,15,17-18,20-21,23,27,29,40H,6-8,10,12-14,16,19,22,24-26,28,30-39H2,1-5H3/p+1/b11-9-,17-15-,20-18-,23-21-,29-27-. The van der Waals surface area contributed by atoms with Crippen molar-refractivity contribution >= 4 is 13.8 Å². The molecule has 0 fully saturated rings. The van der Waals surface area contributed by atoms with Crippen LogP contribution in [0.2, 0.25) is 0 Å². The maximum Gasteiger partial charge on any atom is 0.472 e. The lowest BCUT2D eigenvalue weighted by molar-refractivity contribution is -0.870. The summed E-state index contributed by atoms with van der Waals surface area (Å²) in [5.41, 5.74) is 0. The quantitative estimate of drug-likeness (QED) is 0.0229. The van der Waals surface area contributed by atoms with E-state index in [0.717, 1.165) is 70.6 Å². The van der Waals surface area contributed by atoms with E-state index in [1.54, 1.807) is 0 Å². The number of quaternary nitrogens is 1. The van der Waals surface area contributed by atoms with Gasteiger partial charge in [-0.25, -0.2) is 4.57 Å². The average Bonchev–Trinajstić information content (AvgIpc) is 3.06. The maximum absolute atomic E-state index is 12.6. The monoisotopic (exact) mass is 725 g/mol. The molecule has 8 nitrogen and oxygen atoms in total. The normalized spacial score (nSPS) is 14.6. The van der Waals surface area contributed by atoms with Crippen molar-refractivity contribution < 1.29 is 37.3 Å². The maximum atomic E-state index is 12.6. The Morgan fingerprint density at radius 2 is 1.16 bits per heavy atom. The zero-order chi connectivity index (χ0) is 37.0. The summed E-state index contributed by atoms with van der Waals surface area (Å²) in [6, 6.07) is 0. The third kappa shape index (κ3) is 37.5. The van der Waals surface area contributed by atoms with Gasteiger partial charge in [-0.1, -0.05) is 120 Å². The molecule has 2 unspecified atom stereocenters. The van der Waals surface area contributed by atoms with Crippen molar-refractivity contribution in [3.05, 3.63) is 60.8 Å². The van der Waals surface area contributed by atoms with E-state index in [9.17, 15) is 14.3 Å². The van der Waals surface area contributed by atoms with Gasteiger partial charge >= 0.3 is 13.8 Å². The van der Waals surface area contributed by atoms with E-state index in [2.05, 4.69) is 74.6 Å². The number of phosphoric acid groups is 1. The predicted molar refractivity (Wildman–Crippen MR) is 210 cm³/mol. The third-order valence-electron chi connectivity index (χ3n) is 7.81. The van der Waals surface area contributed by atoms with Gasteiger partial charge in [-0.2, -0.15) is 0 Å². The molecule has 0 rings (SSSR count). The Labute approximate surface area is 307 Å². The molecule has 0 amide bonds. The van der Waals surface area contributed by atoms with Crippen LogP contribution < -0.4 is 0 Å². The topological polar surface area (TPSA) is 91.3 Å². The molecule has 0 aliphatic carbocycles. The SMILES string of the molecule is CC/C=C\C/C=C\C/C=C\C/C=C\CCCOCC(COP(=O)(O)OCC[N+](C)(C)C)OC(=O)CCCCCCC/C=C\CCCCCCC. The molecular weight excluding hydrogens is 649 g/mol. The Morgan fingerprint density at radius 3 is 1.76 bits per heavy atom. The number of phosphoric ester groups is 1. The summed E-state index contributed by atoms with van der Waals surface area (Å²) in [5.74, 6) is -0.345. The zero-order valence-electron chi connectivity index (χ0n) is 32.6. The number of likely N-dealkylation sites (N-methyl/N-ethyl adjacent to an activating group) is 1. The molecule has 0 aliphatic rings. The van der Waals surface area contributed by atoms with Gasteiger partial charge in [0.05, 0.1) is 34.4 Å². The minimum atomic E-state index is -4.29. The Hall–Kier alpha value is -1.80. The van der Waals surface area contributed by atoms with Gasteiger partial charge in [0.25, 0.3) is 0 Å². The number of carbonyl (C=O) groups excluding carboxylic acids is 1. The van der Waals surface area contributed by atoms with Crippen LogP contribution in [0.5, 0.6) is 0 Å². The molecule has 0 saturated heterocycles. The number of hydrogen-bond donors (Lipinski definition) is 1. The van der Waals surface area contributed by atoms with Crippen molar-refractivity contribution in [1.29, 1.82) is 0 Å². The molecule has 0 spiro atoms. The molecule has 0 aromatic rings. The lowest BCUT2D eigenvalue weighted by Gasteiger charge is -2.24. The van der Waals surface area contributed by atoms with Crippen LogP contribution in [0.25, 0.3) is 0 Å². The summed E-state index contributed by atoms with van der Waals surface area (Å²) in [6.07, 6.45) is 41.2. The highest BCUT2D eigenvalue weighted by molar-refractivity contribution is 7.47. The van der Waals surface area contributed by atoms with Crippen LogP contribution in [0.4, 0.5) is 0 Å². The molecular formula is C41H75NO7P+. The Bertz CT molecular complexity index is 984. The summed E-state index contributed by atoms with van der Waals surface area (Å²) in [6.45, 7) is 5.31. The number of allylic oxidation sites excluding steroid dienone is 10.